The van der Waals surface area contributed by atoms with Crippen molar-refractivity contribution in [3.8, 4) is 5.69 Å². The summed E-state index contributed by atoms with van der Waals surface area (Å²) in [7, 11) is 0. The largest absolute Gasteiger partial charge is 0.418 e. The van der Waals surface area contributed by atoms with E-state index in [1.807, 2.05) is 65.8 Å². The first-order valence-corrected chi connectivity index (χ1v) is 12.8. The monoisotopic (exact) mass is 543 g/mol. The number of carbonyl (C=O) groups excluding carboxylic acids is 2. The van der Waals surface area contributed by atoms with Gasteiger partial charge in [0.2, 0.25) is 5.91 Å². The highest BCUT2D eigenvalue weighted by molar-refractivity contribution is 5.97. The second-order valence-corrected chi connectivity index (χ2v) is 11.0. The molecular weight excluding hydrogens is 507 g/mol. The van der Waals surface area contributed by atoms with Crippen LogP contribution in [0.2, 0.25) is 0 Å². The Bertz CT molecular complexity index is 1310. The zero-order chi connectivity index (χ0) is 29.0. The number of anilines is 2. The topological polar surface area (TPSA) is 79.3 Å². The minimum atomic E-state index is -4.64. The maximum absolute atomic E-state index is 13.5. The van der Waals surface area contributed by atoms with E-state index < -0.39 is 23.7 Å². The number of aromatic nitrogens is 2. The Balaban J connectivity index is 1.85. The highest BCUT2D eigenvalue weighted by Crippen LogP contribution is 2.34. The van der Waals surface area contributed by atoms with E-state index in [0.29, 0.717) is 12.2 Å². The number of halogens is 3. The molecule has 0 atom stereocenters. The van der Waals surface area contributed by atoms with Crippen molar-refractivity contribution in [3.63, 3.8) is 0 Å². The van der Waals surface area contributed by atoms with Crippen LogP contribution in [0.3, 0.4) is 0 Å². The molecule has 0 bridgehead atoms. The van der Waals surface area contributed by atoms with Crippen LogP contribution < -0.4 is 10.6 Å². The lowest BCUT2D eigenvalue weighted by Gasteiger charge is -2.24. The molecule has 0 aliphatic rings. The summed E-state index contributed by atoms with van der Waals surface area (Å²) in [6, 6.07) is 13.4. The molecule has 0 fully saturated rings. The van der Waals surface area contributed by atoms with Crippen molar-refractivity contribution in [2.45, 2.75) is 59.6 Å². The van der Waals surface area contributed by atoms with Crippen LogP contribution in [-0.4, -0.2) is 39.7 Å². The Morgan fingerprint density at radius 3 is 2.31 bits per heavy atom. The number of urea groups is 1. The van der Waals surface area contributed by atoms with Gasteiger partial charge < -0.3 is 15.5 Å². The molecule has 0 aliphatic carbocycles. The highest BCUT2D eigenvalue weighted by Gasteiger charge is 2.34. The van der Waals surface area contributed by atoms with Crippen LogP contribution >= 0.6 is 0 Å². The van der Waals surface area contributed by atoms with Crippen molar-refractivity contribution < 1.29 is 22.8 Å². The van der Waals surface area contributed by atoms with Gasteiger partial charge in [0, 0.05) is 18.0 Å². The first-order chi connectivity index (χ1) is 18.1. The van der Waals surface area contributed by atoms with Crippen LogP contribution in [0.5, 0.6) is 0 Å². The molecule has 39 heavy (non-hydrogen) atoms. The predicted octanol–water partition coefficient (Wildman–Crippen LogP) is 7.02. The molecule has 3 aromatic rings. The molecule has 0 aliphatic heterocycles. The van der Waals surface area contributed by atoms with E-state index in [4.69, 9.17) is 5.10 Å². The van der Waals surface area contributed by atoms with Crippen LogP contribution in [0.15, 0.2) is 54.6 Å². The van der Waals surface area contributed by atoms with Crippen LogP contribution in [0, 0.1) is 12.8 Å². The summed E-state index contributed by atoms with van der Waals surface area (Å²) in [6.45, 7) is 11.8. The van der Waals surface area contributed by atoms with Gasteiger partial charge in [-0.25, -0.2) is 9.48 Å². The van der Waals surface area contributed by atoms with Gasteiger partial charge in [-0.3, -0.25) is 4.79 Å². The number of carbonyl (C=O) groups is 2. The Morgan fingerprint density at radius 1 is 1.00 bits per heavy atom. The van der Waals surface area contributed by atoms with E-state index in [-0.39, 0.29) is 30.1 Å². The minimum absolute atomic E-state index is 0.190. The zero-order valence-corrected chi connectivity index (χ0v) is 23.2. The first kappa shape index (κ1) is 29.7. The Kier molecular flexibility index (Phi) is 9.09. The third-order valence-electron chi connectivity index (χ3n) is 6.06. The summed E-state index contributed by atoms with van der Waals surface area (Å²) in [4.78, 5) is 27.5. The van der Waals surface area contributed by atoms with Gasteiger partial charge in [0.1, 0.15) is 12.4 Å². The van der Waals surface area contributed by atoms with Crippen LogP contribution in [0.1, 0.15) is 57.9 Å². The average molecular weight is 544 g/mol. The number of nitrogens with zero attached hydrogens (tertiary/aromatic N) is 3. The molecule has 3 amide bonds. The van der Waals surface area contributed by atoms with Crippen LogP contribution in [0.4, 0.5) is 29.5 Å². The molecular formula is C29H36F3N5O2. The third kappa shape index (κ3) is 8.08. The third-order valence-corrected chi connectivity index (χ3v) is 6.06. The van der Waals surface area contributed by atoms with Crippen molar-refractivity contribution in [2.24, 2.45) is 5.92 Å². The smallest absolute Gasteiger partial charge is 0.315 e. The van der Waals surface area contributed by atoms with E-state index in [2.05, 4.69) is 10.6 Å². The van der Waals surface area contributed by atoms with Crippen molar-refractivity contribution >= 4 is 23.4 Å². The zero-order valence-electron chi connectivity index (χ0n) is 23.2. The Hall–Kier alpha value is -3.82. The molecule has 0 saturated carbocycles. The average Bonchev–Trinajstić information content (AvgIpc) is 3.25. The molecule has 10 heteroatoms. The standard InChI is InChI=1S/C29H36F3N5O2/c1-19(2)14-15-36(27(39)33-23-13-8-7-12-22(23)29(30,31)32)18-26(38)34-25-17-24(28(4,5)6)35-37(25)21-11-9-10-20(3)16-21/h7-13,16-17,19H,14-15,18H2,1-6H3,(H,33,39)(H,34,38). The maximum atomic E-state index is 13.5. The summed E-state index contributed by atoms with van der Waals surface area (Å²) in [5.74, 6) is 0.150. The lowest BCUT2D eigenvalue weighted by atomic mass is 9.92. The summed E-state index contributed by atoms with van der Waals surface area (Å²) >= 11 is 0. The second kappa shape index (κ2) is 11.9. The number of benzene rings is 2. The summed E-state index contributed by atoms with van der Waals surface area (Å²) in [6.07, 6.45) is -4.07. The lowest BCUT2D eigenvalue weighted by molar-refractivity contribution is -0.137. The summed E-state index contributed by atoms with van der Waals surface area (Å²) < 4.78 is 42.0. The van der Waals surface area contributed by atoms with Crippen molar-refractivity contribution in [1.82, 2.24) is 14.7 Å². The van der Waals surface area contributed by atoms with E-state index in [0.717, 1.165) is 23.0 Å². The van der Waals surface area contributed by atoms with Crippen molar-refractivity contribution in [3.05, 3.63) is 71.4 Å². The van der Waals surface area contributed by atoms with Gasteiger partial charge in [-0.1, -0.05) is 58.9 Å². The van der Waals surface area contributed by atoms with Crippen LogP contribution in [-0.2, 0) is 16.4 Å². The second-order valence-electron chi connectivity index (χ2n) is 11.0. The van der Waals surface area contributed by atoms with Gasteiger partial charge in [0.15, 0.2) is 0 Å². The molecule has 0 radical (unpaired) electrons. The molecule has 0 unspecified atom stereocenters. The molecule has 7 nitrogen and oxygen atoms in total. The van der Waals surface area contributed by atoms with E-state index in [9.17, 15) is 22.8 Å². The van der Waals surface area contributed by atoms with Gasteiger partial charge in [-0.15, -0.1) is 0 Å². The van der Waals surface area contributed by atoms with Gasteiger partial charge in [0.05, 0.1) is 22.6 Å². The maximum Gasteiger partial charge on any atom is 0.418 e. The molecule has 2 aromatic carbocycles. The number of para-hydroxylation sites is 1. The lowest BCUT2D eigenvalue weighted by Crippen LogP contribution is -2.42. The van der Waals surface area contributed by atoms with E-state index in [1.54, 1.807) is 10.7 Å². The number of alkyl halides is 3. The predicted molar refractivity (Wildman–Crippen MR) is 147 cm³/mol. The molecule has 2 N–H and O–H groups in total. The quantitative estimate of drug-likeness (QED) is 0.321. The van der Waals surface area contributed by atoms with Crippen molar-refractivity contribution in [1.29, 1.82) is 0 Å². The van der Waals surface area contributed by atoms with E-state index >= 15 is 0 Å². The first-order valence-electron chi connectivity index (χ1n) is 12.8. The highest BCUT2D eigenvalue weighted by atomic mass is 19.4. The molecule has 3 rings (SSSR count). The van der Waals surface area contributed by atoms with Gasteiger partial charge in [-0.05, 0) is 49.1 Å². The number of hydrogen-bond donors (Lipinski definition) is 2. The number of nitrogens with one attached hydrogen (secondary N) is 2. The Morgan fingerprint density at radius 2 is 1.69 bits per heavy atom. The van der Waals surface area contributed by atoms with Gasteiger partial charge in [-0.2, -0.15) is 18.3 Å². The molecule has 210 valence electrons. The molecule has 1 heterocycles. The number of hydrogen-bond acceptors (Lipinski definition) is 3. The normalized spacial score (nSPS) is 11.9. The fourth-order valence-corrected chi connectivity index (χ4v) is 3.85. The minimum Gasteiger partial charge on any atom is -0.315 e. The summed E-state index contributed by atoms with van der Waals surface area (Å²) in [5, 5.41) is 9.91. The fraction of sp³-hybridized carbons (Fsp3) is 0.414. The number of aryl methyl sites for hydroxylation is 1. The fourth-order valence-electron chi connectivity index (χ4n) is 3.85. The van der Waals surface area contributed by atoms with Gasteiger partial charge in [0.25, 0.3) is 0 Å². The van der Waals surface area contributed by atoms with Crippen molar-refractivity contribution in [2.75, 3.05) is 23.7 Å². The van der Waals surface area contributed by atoms with Crippen LogP contribution in [0.25, 0.3) is 5.69 Å². The Labute approximate surface area is 227 Å². The molecule has 1 aromatic heterocycles. The van der Waals surface area contributed by atoms with E-state index in [1.165, 1.54) is 23.1 Å². The summed E-state index contributed by atoms with van der Waals surface area (Å²) in [5.41, 5.74) is 0.939. The number of amides is 3. The molecule has 0 saturated heterocycles. The number of rotatable bonds is 8. The SMILES string of the molecule is Cc1cccc(-n2nc(C(C)(C)C)cc2NC(=O)CN(CCC(C)C)C(=O)Nc2ccccc2C(F)(F)F)c1. The van der Waals surface area contributed by atoms with Gasteiger partial charge >= 0.3 is 12.2 Å². The molecule has 0 spiro atoms.